The molecule has 6 aromatic heterocycles. The largest absolute Gasteiger partial charge is 0.396 e. The number of aliphatic hydroxyl groups excluding tert-OH is 1. The van der Waals surface area contributed by atoms with E-state index in [1.165, 1.54) is 12.8 Å². The van der Waals surface area contributed by atoms with Crippen molar-refractivity contribution in [1.29, 1.82) is 0 Å². The van der Waals surface area contributed by atoms with E-state index < -0.39 is 20.0 Å². The quantitative estimate of drug-likeness (QED) is 0.0623. The number of carbonyl (C=O) groups excluding carboxylic acids is 4. The lowest BCUT2D eigenvalue weighted by Gasteiger charge is -2.44. The Balaban J connectivity index is 0.000000182. The van der Waals surface area contributed by atoms with Crippen LogP contribution >= 0.6 is 0 Å². The van der Waals surface area contributed by atoms with Gasteiger partial charge in [0.15, 0.2) is 8.24 Å². The van der Waals surface area contributed by atoms with E-state index in [4.69, 9.17) is 9.84 Å². The number of ether oxygens (including phenoxy) is 1. The van der Waals surface area contributed by atoms with E-state index in [0.717, 1.165) is 65.8 Å². The molecule has 3 aliphatic heterocycles. The van der Waals surface area contributed by atoms with Crippen LogP contribution in [0.25, 0.3) is 44.4 Å². The molecular formula is C50H62N8O6Si. The number of H-pyrrole nitrogens is 1. The normalized spacial score (nSPS) is 15.5. The fraction of sp³-hybridized carbons (Fsp3) is 0.400. The van der Waals surface area contributed by atoms with Gasteiger partial charge in [0.05, 0.1) is 22.3 Å². The molecule has 342 valence electrons. The van der Waals surface area contributed by atoms with Gasteiger partial charge in [0.2, 0.25) is 0 Å². The standard InChI is InChI=1S/C28H38N4O2Si.C18H16N4O3.C4H8O/c1-8-9-14-31-17-23(22-11-10-13-29-26(22)31)25-24(27(33)30-28(25)34)21-12-15-32(16-21)35(18(2)3,19(4)5)20(6)7;23-8-2-7-22-10-13(12-3-1-5-20-16(12)22)15-14(11-4-6-19-9-11)17(24)21-18(15)25;1-2-4-5-3-1/h10-13,15-20H,8-9,14H2,1-7H3,(H,30,33,34);1,3-6,9-10,19,23H,2,7-8H2,(H,21,24,25);1-4H2. The van der Waals surface area contributed by atoms with Crippen molar-refractivity contribution in [2.45, 2.75) is 110 Å². The molecule has 4 N–H and O–H groups in total. The smallest absolute Gasteiger partial charge is 0.259 e. The lowest BCUT2D eigenvalue weighted by atomic mass is 9.98. The minimum atomic E-state index is -1.97. The van der Waals surface area contributed by atoms with Crippen LogP contribution in [0.5, 0.6) is 0 Å². The van der Waals surface area contributed by atoms with Crippen molar-refractivity contribution in [3.8, 4) is 0 Å². The van der Waals surface area contributed by atoms with Crippen LogP contribution in [0.2, 0.25) is 16.6 Å². The van der Waals surface area contributed by atoms with Gasteiger partial charge >= 0.3 is 0 Å². The highest BCUT2D eigenvalue weighted by Crippen LogP contribution is 2.44. The van der Waals surface area contributed by atoms with Crippen molar-refractivity contribution >= 4 is 76.2 Å². The summed E-state index contributed by atoms with van der Waals surface area (Å²) in [5, 5.41) is 15.8. The Kier molecular flexibility index (Phi) is 14.7. The molecule has 0 bridgehead atoms. The number of fused-ring (bicyclic) bond motifs is 2. The number of imide groups is 2. The molecule has 0 saturated carbocycles. The molecule has 0 spiro atoms. The number of aromatic nitrogens is 6. The molecule has 14 nitrogen and oxygen atoms in total. The number of pyridine rings is 2. The first-order chi connectivity index (χ1) is 31.3. The molecule has 9 heterocycles. The molecule has 0 aliphatic carbocycles. The molecule has 0 atom stereocenters. The number of nitrogens with one attached hydrogen (secondary N) is 3. The average Bonchev–Trinajstić information content (AvgIpc) is 4.15. The van der Waals surface area contributed by atoms with Gasteiger partial charge in [0.1, 0.15) is 11.3 Å². The molecule has 9 rings (SSSR count). The van der Waals surface area contributed by atoms with E-state index in [-0.39, 0.29) is 18.4 Å². The van der Waals surface area contributed by atoms with Crippen LogP contribution < -0.4 is 10.6 Å². The van der Waals surface area contributed by atoms with E-state index in [0.29, 0.717) is 63.0 Å². The van der Waals surface area contributed by atoms with Crippen molar-refractivity contribution in [3.63, 3.8) is 0 Å². The van der Waals surface area contributed by atoms with Crippen molar-refractivity contribution in [3.05, 3.63) is 108 Å². The monoisotopic (exact) mass is 898 g/mol. The second-order valence-electron chi connectivity index (χ2n) is 17.8. The van der Waals surface area contributed by atoms with E-state index in [9.17, 15) is 19.2 Å². The van der Waals surface area contributed by atoms with Crippen LogP contribution in [0.15, 0.2) is 86.0 Å². The number of rotatable bonds is 14. The van der Waals surface area contributed by atoms with Crippen LogP contribution in [0.1, 0.15) is 103 Å². The van der Waals surface area contributed by atoms with Crippen LogP contribution in [0.4, 0.5) is 0 Å². The van der Waals surface area contributed by atoms with Gasteiger partial charge in [-0.05, 0) is 84.9 Å². The third kappa shape index (κ3) is 9.09. The topological polar surface area (TPSA) is 178 Å². The zero-order valence-electron chi connectivity index (χ0n) is 38.6. The summed E-state index contributed by atoms with van der Waals surface area (Å²) in [6.45, 7) is 19.5. The van der Waals surface area contributed by atoms with E-state index >= 15 is 0 Å². The van der Waals surface area contributed by atoms with E-state index in [1.807, 2.05) is 41.2 Å². The minimum Gasteiger partial charge on any atom is -0.396 e. The molecule has 0 unspecified atom stereocenters. The number of aryl methyl sites for hydroxylation is 2. The first-order valence-electron chi connectivity index (χ1n) is 22.9. The fourth-order valence-electron chi connectivity index (χ4n) is 10.2. The molecule has 0 radical (unpaired) electrons. The average molecular weight is 899 g/mol. The minimum absolute atomic E-state index is 0.0676. The summed E-state index contributed by atoms with van der Waals surface area (Å²) in [4.78, 5) is 63.0. The number of aromatic amines is 1. The number of hydrogen-bond acceptors (Lipinski definition) is 8. The van der Waals surface area contributed by atoms with Gasteiger partial charge in [0.25, 0.3) is 23.6 Å². The predicted octanol–water partition coefficient (Wildman–Crippen LogP) is 8.34. The van der Waals surface area contributed by atoms with Gasteiger partial charge in [-0.2, -0.15) is 0 Å². The van der Waals surface area contributed by atoms with Gasteiger partial charge in [-0.3, -0.25) is 29.8 Å². The Hall–Kier alpha value is -6.16. The van der Waals surface area contributed by atoms with Crippen molar-refractivity contribution in [2.24, 2.45) is 0 Å². The van der Waals surface area contributed by atoms with Gasteiger partial charge in [0, 0.05) is 109 Å². The maximum absolute atomic E-state index is 13.1. The lowest BCUT2D eigenvalue weighted by molar-refractivity contribution is -0.124. The maximum Gasteiger partial charge on any atom is 0.259 e. The number of aliphatic hydroxyl groups is 1. The lowest BCUT2D eigenvalue weighted by Crippen LogP contribution is -2.51. The number of nitrogens with zero attached hydrogens (tertiary/aromatic N) is 5. The molecule has 4 amide bonds. The summed E-state index contributed by atoms with van der Waals surface area (Å²) in [6, 6.07) is 11.3. The second-order valence-corrected chi connectivity index (χ2v) is 23.6. The SMILES string of the molecule is C1CCOC1.CCCCn1cc(C2=C(c3ccn([Si](C(C)C)(C(C)C)C(C)C)c3)C(=O)NC2=O)c2cccnc21.O=C1NC(=O)C(c2cn(CCCO)c3ncccc23)=C1c1cc[nH]c1. The highest BCUT2D eigenvalue weighted by atomic mass is 28.3. The van der Waals surface area contributed by atoms with E-state index in [1.54, 1.807) is 36.9 Å². The van der Waals surface area contributed by atoms with Crippen molar-refractivity contribution < 1.29 is 29.0 Å². The Labute approximate surface area is 381 Å². The molecule has 0 aromatic carbocycles. The van der Waals surface area contributed by atoms with E-state index in [2.05, 4.69) is 95.2 Å². The molecule has 15 heteroatoms. The van der Waals surface area contributed by atoms with Gasteiger partial charge in [-0.1, -0.05) is 54.9 Å². The molecule has 65 heavy (non-hydrogen) atoms. The van der Waals surface area contributed by atoms with Crippen LogP contribution in [-0.2, 0) is 37.0 Å². The number of carbonyl (C=O) groups is 4. The Bertz CT molecular complexity index is 2720. The fourth-order valence-corrected chi connectivity index (χ4v) is 16.7. The van der Waals surface area contributed by atoms with Crippen LogP contribution in [-0.4, -0.2) is 85.1 Å². The molecule has 3 aliphatic rings. The highest BCUT2D eigenvalue weighted by Gasteiger charge is 2.45. The Morgan fingerprint density at radius 2 is 1.18 bits per heavy atom. The first kappa shape index (κ1) is 46.8. The van der Waals surface area contributed by atoms with Gasteiger partial charge < -0.3 is 28.2 Å². The summed E-state index contributed by atoms with van der Waals surface area (Å²) in [5.74, 6) is -1.48. The number of hydrogen-bond donors (Lipinski definition) is 4. The Morgan fingerprint density at radius 3 is 1.63 bits per heavy atom. The number of amides is 4. The summed E-state index contributed by atoms with van der Waals surface area (Å²) in [7, 11) is -1.97. The zero-order chi connectivity index (χ0) is 46.4. The third-order valence-corrected chi connectivity index (χ3v) is 19.6. The molecule has 1 fully saturated rings. The first-order valence-corrected chi connectivity index (χ1v) is 25.1. The summed E-state index contributed by atoms with van der Waals surface area (Å²) >= 11 is 0. The zero-order valence-corrected chi connectivity index (χ0v) is 39.6. The predicted molar refractivity (Wildman–Crippen MR) is 258 cm³/mol. The van der Waals surface area contributed by atoms with Crippen LogP contribution in [0, 0.1) is 0 Å². The molecular weight excluding hydrogens is 837 g/mol. The summed E-state index contributed by atoms with van der Waals surface area (Å²) < 4.78 is 11.4. The Morgan fingerprint density at radius 1 is 0.677 bits per heavy atom. The van der Waals surface area contributed by atoms with Gasteiger partial charge in [-0.15, -0.1) is 0 Å². The van der Waals surface area contributed by atoms with Crippen molar-refractivity contribution in [2.75, 3.05) is 19.8 Å². The molecule has 1 saturated heterocycles. The molecule has 6 aromatic rings. The second kappa shape index (κ2) is 20.3. The van der Waals surface area contributed by atoms with Gasteiger partial charge in [-0.25, -0.2) is 9.97 Å². The highest BCUT2D eigenvalue weighted by molar-refractivity contribution is 6.82. The third-order valence-electron chi connectivity index (χ3n) is 12.9. The van der Waals surface area contributed by atoms with Crippen molar-refractivity contribution in [1.82, 2.24) is 39.0 Å². The number of unbranched alkanes of at least 4 members (excludes halogenated alkanes) is 1. The maximum atomic E-state index is 13.1. The summed E-state index contributed by atoms with van der Waals surface area (Å²) in [5.41, 5.74) is 7.68. The summed E-state index contributed by atoms with van der Waals surface area (Å²) in [6.07, 6.45) is 20.2. The van der Waals surface area contributed by atoms with Crippen LogP contribution in [0.3, 0.4) is 0 Å².